The van der Waals surface area contributed by atoms with Gasteiger partial charge in [-0.25, -0.2) is 0 Å². The second-order valence-corrected chi connectivity index (χ2v) is 6.19. The van der Waals surface area contributed by atoms with Gasteiger partial charge < -0.3 is 0 Å². The summed E-state index contributed by atoms with van der Waals surface area (Å²) in [6, 6.07) is 18.3. The molecule has 0 saturated heterocycles. The van der Waals surface area contributed by atoms with E-state index in [1.807, 2.05) is 30.3 Å². The van der Waals surface area contributed by atoms with Crippen molar-refractivity contribution in [3.8, 4) is 0 Å². The fourth-order valence-electron chi connectivity index (χ4n) is 3.26. The Labute approximate surface area is 141 Å². The van der Waals surface area contributed by atoms with Crippen molar-refractivity contribution in [2.75, 3.05) is 0 Å². The van der Waals surface area contributed by atoms with E-state index < -0.39 is 0 Å². The number of aromatic amines is 1. The van der Waals surface area contributed by atoms with Crippen molar-refractivity contribution in [3.05, 3.63) is 88.7 Å². The first-order valence-corrected chi connectivity index (χ1v) is 8.16. The Bertz CT molecular complexity index is 906. The van der Waals surface area contributed by atoms with Gasteiger partial charge in [0, 0.05) is 24.8 Å². The number of Topliss-reactive ketones (excluding diaryl/α,β-unsaturated/α-hetero) is 1. The molecule has 1 aliphatic carbocycles. The third kappa shape index (κ3) is 2.93. The first kappa shape index (κ1) is 14.6. The molecule has 2 aromatic carbocycles. The molecule has 118 valence electrons. The summed E-state index contributed by atoms with van der Waals surface area (Å²) < 4.78 is 0. The zero-order chi connectivity index (χ0) is 16.4. The van der Waals surface area contributed by atoms with Crippen LogP contribution in [0.15, 0.2) is 60.8 Å². The summed E-state index contributed by atoms with van der Waals surface area (Å²) in [5.74, 6) is 0.208. The number of allylic oxidation sites excluding steroid dienone is 1. The van der Waals surface area contributed by atoms with E-state index in [-0.39, 0.29) is 5.78 Å². The van der Waals surface area contributed by atoms with Crippen molar-refractivity contribution < 1.29 is 4.79 Å². The highest BCUT2D eigenvalue weighted by molar-refractivity contribution is 5.90. The number of fused-ring (bicyclic) bond motifs is 1. The minimum absolute atomic E-state index is 0.208. The van der Waals surface area contributed by atoms with E-state index in [1.54, 1.807) is 6.20 Å². The number of ketones is 1. The van der Waals surface area contributed by atoms with E-state index in [1.165, 1.54) is 16.7 Å². The molecule has 1 aromatic heterocycles. The van der Waals surface area contributed by atoms with Crippen LogP contribution in [0.2, 0.25) is 0 Å². The molecule has 1 aliphatic rings. The molecule has 0 unspecified atom stereocenters. The van der Waals surface area contributed by atoms with Gasteiger partial charge in [0.2, 0.25) is 0 Å². The van der Waals surface area contributed by atoms with Crippen LogP contribution in [0.1, 0.15) is 27.9 Å². The third-order valence-corrected chi connectivity index (χ3v) is 4.44. The molecule has 0 atom stereocenters. The van der Waals surface area contributed by atoms with Crippen LogP contribution in [0.5, 0.6) is 0 Å². The maximum absolute atomic E-state index is 12.4. The number of nitrogens with zero attached hydrogens (tertiary/aromatic N) is 1. The number of hydrogen-bond donors (Lipinski definition) is 1. The van der Waals surface area contributed by atoms with Gasteiger partial charge in [0.25, 0.3) is 0 Å². The van der Waals surface area contributed by atoms with E-state index in [0.29, 0.717) is 12.8 Å². The first-order valence-electron chi connectivity index (χ1n) is 8.16. The van der Waals surface area contributed by atoms with Crippen molar-refractivity contribution in [2.24, 2.45) is 0 Å². The second-order valence-electron chi connectivity index (χ2n) is 6.19. The summed E-state index contributed by atoms with van der Waals surface area (Å²) in [5, 5.41) is 7.25. The van der Waals surface area contributed by atoms with E-state index in [9.17, 15) is 4.79 Å². The molecule has 1 heterocycles. The van der Waals surface area contributed by atoms with E-state index >= 15 is 0 Å². The molecule has 3 heteroatoms. The van der Waals surface area contributed by atoms with Gasteiger partial charge in [0.05, 0.1) is 11.9 Å². The Kier molecular flexibility index (Phi) is 3.83. The Morgan fingerprint density at radius 1 is 1.00 bits per heavy atom. The summed E-state index contributed by atoms with van der Waals surface area (Å²) >= 11 is 0. The average molecular weight is 314 g/mol. The van der Waals surface area contributed by atoms with Crippen molar-refractivity contribution >= 4 is 17.4 Å². The quantitative estimate of drug-likeness (QED) is 0.777. The molecular formula is C21H18N2O. The van der Waals surface area contributed by atoms with Gasteiger partial charge in [-0.05, 0) is 28.3 Å². The van der Waals surface area contributed by atoms with Gasteiger partial charge in [-0.15, -0.1) is 0 Å². The maximum atomic E-state index is 12.4. The van der Waals surface area contributed by atoms with Crippen LogP contribution in [0.25, 0.3) is 11.6 Å². The van der Waals surface area contributed by atoms with Crippen molar-refractivity contribution in [1.82, 2.24) is 10.2 Å². The molecule has 1 N–H and O–H groups in total. The van der Waals surface area contributed by atoms with Gasteiger partial charge >= 0.3 is 0 Å². The Balaban J connectivity index is 1.51. The lowest BCUT2D eigenvalue weighted by Crippen LogP contribution is -2.07. The normalized spacial score (nSPS) is 12.8. The van der Waals surface area contributed by atoms with Crippen molar-refractivity contribution in [3.63, 3.8) is 0 Å². The number of nitrogens with one attached hydrogen (secondary N) is 1. The predicted octanol–water partition coefficient (Wildman–Crippen LogP) is 3.86. The largest absolute Gasteiger partial charge is 0.299 e. The number of aromatic nitrogens is 2. The minimum atomic E-state index is 0.208. The molecule has 0 amide bonds. The molecule has 0 spiro atoms. The predicted molar refractivity (Wildman–Crippen MR) is 95.5 cm³/mol. The van der Waals surface area contributed by atoms with Crippen LogP contribution in [0, 0.1) is 0 Å². The highest BCUT2D eigenvalue weighted by atomic mass is 16.1. The number of carbonyl (C=O) groups is 1. The first-order chi connectivity index (χ1) is 11.8. The Morgan fingerprint density at radius 2 is 1.79 bits per heavy atom. The molecule has 4 rings (SSSR count). The van der Waals surface area contributed by atoms with Crippen LogP contribution in [-0.4, -0.2) is 16.0 Å². The summed E-state index contributed by atoms with van der Waals surface area (Å²) in [5.41, 5.74) is 6.81. The number of rotatable bonds is 5. The molecule has 0 radical (unpaired) electrons. The number of hydrogen-bond acceptors (Lipinski definition) is 2. The van der Waals surface area contributed by atoms with E-state index in [4.69, 9.17) is 0 Å². The fourth-order valence-corrected chi connectivity index (χ4v) is 3.26. The van der Waals surface area contributed by atoms with Crippen LogP contribution in [0.4, 0.5) is 0 Å². The van der Waals surface area contributed by atoms with Gasteiger partial charge in [-0.1, -0.05) is 54.6 Å². The summed E-state index contributed by atoms with van der Waals surface area (Å²) in [6.45, 7) is 0. The SMILES string of the molecule is O=C(Cc1ccccc1)Cc1cn[nH]c1C1=Cc2ccccc2C1. The molecular weight excluding hydrogens is 296 g/mol. The molecule has 24 heavy (non-hydrogen) atoms. The minimum Gasteiger partial charge on any atom is -0.299 e. The Morgan fingerprint density at radius 3 is 2.62 bits per heavy atom. The lowest BCUT2D eigenvalue weighted by atomic mass is 10.00. The summed E-state index contributed by atoms with van der Waals surface area (Å²) in [7, 11) is 0. The van der Waals surface area contributed by atoms with E-state index in [2.05, 4.69) is 40.5 Å². The van der Waals surface area contributed by atoms with E-state index in [0.717, 1.165) is 23.2 Å². The highest BCUT2D eigenvalue weighted by Crippen LogP contribution is 2.32. The highest BCUT2D eigenvalue weighted by Gasteiger charge is 2.19. The zero-order valence-corrected chi connectivity index (χ0v) is 13.3. The smallest absolute Gasteiger partial charge is 0.141 e. The van der Waals surface area contributed by atoms with Crippen LogP contribution < -0.4 is 0 Å². The number of H-pyrrole nitrogens is 1. The summed E-state index contributed by atoms with van der Waals surface area (Å²) in [6.07, 6.45) is 5.73. The van der Waals surface area contributed by atoms with Gasteiger partial charge in [0.15, 0.2) is 0 Å². The fraction of sp³-hybridized carbons (Fsp3) is 0.143. The molecule has 0 aliphatic heterocycles. The molecule has 3 aromatic rings. The standard InChI is InChI=1S/C21H18N2O/c24-20(10-15-6-2-1-3-7-15)13-19-14-22-23-21(19)18-11-16-8-4-5-9-17(16)12-18/h1-9,11,14H,10,12-13H2,(H,22,23). The molecule has 0 fully saturated rings. The monoisotopic (exact) mass is 314 g/mol. The zero-order valence-electron chi connectivity index (χ0n) is 13.3. The van der Waals surface area contributed by atoms with Gasteiger partial charge in [0.1, 0.15) is 5.78 Å². The number of carbonyl (C=O) groups excluding carboxylic acids is 1. The number of benzene rings is 2. The van der Waals surface area contributed by atoms with Gasteiger partial charge in [-0.3, -0.25) is 9.89 Å². The topological polar surface area (TPSA) is 45.8 Å². The van der Waals surface area contributed by atoms with Crippen LogP contribution in [0.3, 0.4) is 0 Å². The Hall–Kier alpha value is -2.94. The van der Waals surface area contributed by atoms with Crippen LogP contribution >= 0.6 is 0 Å². The lowest BCUT2D eigenvalue weighted by molar-refractivity contribution is -0.117. The summed E-state index contributed by atoms with van der Waals surface area (Å²) in [4.78, 5) is 12.4. The van der Waals surface area contributed by atoms with Crippen molar-refractivity contribution in [2.45, 2.75) is 19.3 Å². The third-order valence-electron chi connectivity index (χ3n) is 4.44. The van der Waals surface area contributed by atoms with Crippen LogP contribution in [-0.2, 0) is 24.1 Å². The molecule has 0 bridgehead atoms. The second kappa shape index (κ2) is 6.28. The molecule has 0 saturated carbocycles. The average Bonchev–Trinajstić information content (AvgIpc) is 3.21. The van der Waals surface area contributed by atoms with Crippen molar-refractivity contribution in [1.29, 1.82) is 0 Å². The maximum Gasteiger partial charge on any atom is 0.141 e. The van der Waals surface area contributed by atoms with Gasteiger partial charge in [-0.2, -0.15) is 5.10 Å². The molecule has 3 nitrogen and oxygen atoms in total. The lowest BCUT2D eigenvalue weighted by Gasteiger charge is -2.04.